The third-order valence-electron chi connectivity index (χ3n) is 6.47. The number of hydrogen-bond acceptors (Lipinski definition) is 4. The van der Waals surface area contributed by atoms with Crippen molar-refractivity contribution in [3.8, 4) is 11.1 Å². The third kappa shape index (κ3) is 6.58. The Morgan fingerprint density at radius 1 is 1.16 bits per heavy atom. The molecule has 196 valence electrons. The second kappa shape index (κ2) is 11.9. The molecule has 0 amide bonds. The number of rotatable bonds is 10. The predicted molar refractivity (Wildman–Crippen MR) is 158 cm³/mol. The number of nitrogens with two attached hydrogens (primary N) is 1. The summed E-state index contributed by atoms with van der Waals surface area (Å²) in [6.07, 6.45) is 8.16. The minimum atomic E-state index is -0.266. The first kappa shape index (κ1) is 26.9. The average Bonchev–Trinajstić information content (AvgIpc) is 3.30. The van der Waals surface area contributed by atoms with Gasteiger partial charge in [0.2, 0.25) is 0 Å². The molecule has 0 spiro atoms. The van der Waals surface area contributed by atoms with Crippen LogP contribution in [0.5, 0.6) is 0 Å². The fraction of sp³-hybridized carbons (Fsp3) is 0.219. The quantitative estimate of drug-likeness (QED) is 0.208. The second-order valence-corrected chi connectivity index (χ2v) is 9.89. The molecule has 2 heterocycles. The number of allylic oxidation sites excluding steroid dienone is 4. The van der Waals surface area contributed by atoms with Crippen LogP contribution < -0.4 is 11.1 Å². The molecule has 0 aliphatic heterocycles. The summed E-state index contributed by atoms with van der Waals surface area (Å²) in [4.78, 5) is 9.91. The number of nitrogens with zero attached hydrogens (tertiary/aromatic N) is 2. The molecule has 38 heavy (non-hydrogen) atoms. The van der Waals surface area contributed by atoms with E-state index in [-0.39, 0.29) is 5.82 Å². The lowest BCUT2D eigenvalue weighted by Crippen LogP contribution is -2.20. The zero-order chi connectivity index (χ0) is 27.2. The van der Waals surface area contributed by atoms with Crippen molar-refractivity contribution in [1.82, 2.24) is 14.9 Å². The number of halogens is 1. The number of aryl methyl sites for hydroxylation is 1. The summed E-state index contributed by atoms with van der Waals surface area (Å²) in [7, 11) is 4.03. The van der Waals surface area contributed by atoms with Crippen LogP contribution in [0.2, 0.25) is 0 Å². The maximum Gasteiger partial charge on any atom is 0.125 e. The van der Waals surface area contributed by atoms with Gasteiger partial charge >= 0.3 is 0 Å². The molecule has 2 aromatic heterocycles. The molecular formula is C32H36FN5. The van der Waals surface area contributed by atoms with Crippen LogP contribution >= 0.6 is 0 Å². The number of anilines is 1. The van der Waals surface area contributed by atoms with Gasteiger partial charge in [-0.2, -0.15) is 0 Å². The largest absolute Gasteiger partial charge is 0.399 e. The van der Waals surface area contributed by atoms with Gasteiger partial charge < -0.3 is 20.9 Å². The van der Waals surface area contributed by atoms with Crippen LogP contribution in [0, 0.1) is 12.7 Å². The van der Waals surface area contributed by atoms with Crippen LogP contribution in [-0.4, -0.2) is 42.1 Å². The van der Waals surface area contributed by atoms with Crippen molar-refractivity contribution in [2.24, 2.45) is 5.73 Å². The molecule has 0 saturated heterocycles. The highest BCUT2D eigenvalue weighted by Crippen LogP contribution is 2.32. The Morgan fingerprint density at radius 2 is 1.97 bits per heavy atom. The van der Waals surface area contributed by atoms with Crippen molar-refractivity contribution >= 4 is 22.2 Å². The van der Waals surface area contributed by atoms with Crippen molar-refractivity contribution in [3.63, 3.8) is 0 Å². The Hall–Kier alpha value is -4.16. The minimum absolute atomic E-state index is 0.266. The SMILES string of the molecule is C=C(/C=C(Cc1cc2c(-c3cc(F)cc(NCCN(C)C)c3)cccc2[nH]1)\C(N)=C/C)c1cncc(C)c1. The molecule has 0 bridgehead atoms. The van der Waals surface area contributed by atoms with E-state index < -0.39 is 0 Å². The summed E-state index contributed by atoms with van der Waals surface area (Å²) in [5.41, 5.74) is 15.5. The van der Waals surface area contributed by atoms with Crippen molar-refractivity contribution in [2.45, 2.75) is 20.3 Å². The Bertz CT molecular complexity index is 1510. The number of hydrogen-bond donors (Lipinski definition) is 3. The Morgan fingerprint density at radius 3 is 2.71 bits per heavy atom. The summed E-state index contributed by atoms with van der Waals surface area (Å²) in [6, 6.07) is 15.4. The normalized spacial score (nSPS) is 12.4. The van der Waals surface area contributed by atoms with E-state index in [1.54, 1.807) is 6.07 Å². The van der Waals surface area contributed by atoms with Gasteiger partial charge in [0.1, 0.15) is 5.82 Å². The molecule has 0 aliphatic carbocycles. The predicted octanol–water partition coefficient (Wildman–Crippen LogP) is 6.70. The lowest BCUT2D eigenvalue weighted by molar-refractivity contribution is 0.425. The standard InChI is InChI=1S/C32H36FN5/c1-6-31(34)24(13-22(3)25-12-21(2)19-35-20-25)16-28-18-30-29(8-7-9-32(30)37-28)23-14-26(33)17-27(15-23)36-10-11-38(4)5/h6-9,12-15,17-20,36-37H,3,10-11,16,34H2,1-2,4-5H3/b24-13-,31-6+. The van der Waals surface area contributed by atoms with Gasteiger partial charge in [-0.15, -0.1) is 0 Å². The summed E-state index contributed by atoms with van der Waals surface area (Å²) in [5, 5.41) is 4.37. The number of benzene rings is 2. The third-order valence-corrected chi connectivity index (χ3v) is 6.47. The van der Waals surface area contributed by atoms with E-state index in [4.69, 9.17) is 5.73 Å². The van der Waals surface area contributed by atoms with Gasteiger partial charge in [-0.1, -0.05) is 24.8 Å². The van der Waals surface area contributed by atoms with E-state index in [0.717, 1.165) is 68.8 Å². The molecular weight excluding hydrogens is 473 g/mol. The number of pyridine rings is 1. The molecule has 5 nitrogen and oxygen atoms in total. The van der Waals surface area contributed by atoms with Crippen molar-refractivity contribution in [2.75, 3.05) is 32.5 Å². The zero-order valence-corrected chi connectivity index (χ0v) is 22.6. The van der Waals surface area contributed by atoms with Crippen molar-refractivity contribution in [3.05, 3.63) is 114 Å². The van der Waals surface area contributed by atoms with Crippen molar-refractivity contribution in [1.29, 1.82) is 0 Å². The highest BCUT2D eigenvalue weighted by Gasteiger charge is 2.12. The molecule has 0 saturated carbocycles. The van der Waals surface area contributed by atoms with Gasteiger partial charge in [0, 0.05) is 59.9 Å². The average molecular weight is 510 g/mol. The lowest BCUT2D eigenvalue weighted by Gasteiger charge is -2.13. The van der Waals surface area contributed by atoms with Crippen LogP contribution in [0.15, 0.2) is 90.9 Å². The molecule has 4 N–H and O–H groups in total. The van der Waals surface area contributed by atoms with E-state index in [0.29, 0.717) is 12.1 Å². The van der Waals surface area contributed by atoms with Gasteiger partial charge in [0.05, 0.1) is 0 Å². The molecule has 0 aliphatic rings. The van der Waals surface area contributed by atoms with E-state index in [9.17, 15) is 4.39 Å². The van der Waals surface area contributed by atoms with Crippen LogP contribution in [-0.2, 0) is 6.42 Å². The number of aromatic amines is 1. The van der Waals surface area contributed by atoms with Crippen LogP contribution in [0.25, 0.3) is 27.6 Å². The van der Waals surface area contributed by atoms with Crippen LogP contribution in [0.1, 0.15) is 23.7 Å². The summed E-state index contributed by atoms with van der Waals surface area (Å²) in [5.74, 6) is -0.266. The maximum atomic E-state index is 14.6. The number of nitrogens with one attached hydrogen (secondary N) is 2. The van der Waals surface area contributed by atoms with Crippen LogP contribution in [0.4, 0.5) is 10.1 Å². The first-order valence-electron chi connectivity index (χ1n) is 12.8. The Labute approximate surface area is 224 Å². The monoisotopic (exact) mass is 509 g/mol. The number of fused-ring (bicyclic) bond motifs is 1. The first-order chi connectivity index (χ1) is 18.2. The van der Waals surface area contributed by atoms with Crippen LogP contribution in [0.3, 0.4) is 0 Å². The summed E-state index contributed by atoms with van der Waals surface area (Å²) < 4.78 is 14.6. The summed E-state index contributed by atoms with van der Waals surface area (Å²) in [6.45, 7) is 9.79. The maximum absolute atomic E-state index is 14.6. The van der Waals surface area contributed by atoms with Gasteiger partial charge in [0.25, 0.3) is 0 Å². The molecule has 0 radical (unpaired) electrons. The molecule has 0 unspecified atom stereocenters. The first-order valence-corrected chi connectivity index (χ1v) is 12.8. The fourth-order valence-corrected chi connectivity index (χ4v) is 4.48. The molecule has 6 heteroatoms. The number of likely N-dealkylation sites (N-methyl/N-ethyl adjacent to an activating group) is 1. The van der Waals surface area contributed by atoms with E-state index in [2.05, 4.69) is 38.9 Å². The lowest BCUT2D eigenvalue weighted by atomic mass is 9.99. The topological polar surface area (TPSA) is 70.0 Å². The molecule has 4 rings (SSSR count). The minimum Gasteiger partial charge on any atom is -0.399 e. The number of aromatic nitrogens is 2. The van der Waals surface area contributed by atoms with Gasteiger partial charge in [-0.05, 0) is 104 Å². The number of H-pyrrole nitrogens is 1. The summed E-state index contributed by atoms with van der Waals surface area (Å²) >= 11 is 0. The van der Waals surface area contributed by atoms with Gasteiger partial charge in [0.15, 0.2) is 0 Å². The van der Waals surface area contributed by atoms with E-state index in [1.807, 2.05) is 76.8 Å². The molecule has 0 atom stereocenters. The Kier molecular flexibility index (Phi) is 8.44. The second-order valence-electron chi connectivity index (χ2n) is 9.89. The highest BCUT2D eigenvalue weighted by atomic mass is 19.1. The molecule has 4 aromatic rings. The van der Waals surface area contributed by atoms with Gasteiger partial charge in [-0.25, -0.2) is 4.39 Å². The van der Waals surface area contributed by atoms with Crippen molar-refractivity contribution < 1.29 is 4.39 Å². The smallest absolute Gasteiger partial charge is 0.125 e. The Balaban J connectivity index is 1.66. The van der Waals surface area contributed by atoms with E-state index >= 15 is 0 Å². The zero-order valence-electron chi connectivity index (χ0n) is 22.6. The van der Waals surface area contributed by atoms with Gasteiger partial charge in [-0.3, -0.25) is 4.98 Å². The molecule has 0 fully saturated rings. The fourth-order valence-electron chi connectivity index (χ4n) is 4.48. The highest BCUT2D eigenvalue weighted by molar-refractivity contribution is 5.96. The van der Waals surface area contributed by atoms with E-state index in [1.165, 1.54) is 6.07 Å². The molecule has 2 aromatic carbocycles.